The maximum atomic E-state index is 11.3. The molecule has 1 heterocycles. The number of aliphatic hydroxyl groups excluding tert-OH is 3. The Kier molecular flexibility index (Phi) is 8.56. The first-order valence-corrected chi connectivity index (χ1v) is 9.10. The number of hydrogen-bond acceptors (Lipinski definition) is 6. The molecule has 0 bridgehead atoms. The van der Waals surface area contributed by atoms with Crippen molar-refractivity contribution in [3.63, 3.8) is 0 Å². The minimum absolute atomic E-state index is 0.363. The lowest BCUT2D eigenvalue weighted by molar-refractivity contribution is -0.163. The molecule has 6 nitrogen and oxygen atoms in total. The lowest BCUT2D eigenvalue weighted by Crippen LogP contribution is -2.50. The Morgan fingerprint density at radius 1 is 1.00 bits per heavy atom. The number of ether oxygens (including phenoxy) is 1. The minimum atomic E-state index is -1.46. The molecule has 0 fully saturated rings. The van der Waals surface area contributed by atoms with Crippen molar-refractivity contribution in [1.29, 1.82) is 0 Å². The van der Waals surface area contributed by atoms with Crippen LogP contribution in [-0.2, 0) is 9.53 Å². The van der Waals surface area contributed by atoms with Crippen LogP contribution in [-0.4, -0.2) is 44.2 Å². The van der Waals surface area contributed by atoms with E-state index < -0.39 is 35.3 Å². The Balaban J connectivity index is 2.76. The predicted molar refractivity (Wildman–Crippen MR) is 90.6 cm³/mol. The molecule has 140 valence electrons. The third-order valence-corrected chi connectivity index (χ3v) is 4.70. The monoisotopic (exact) mass is 344 g/mol. The van der Waals surface area contributed by atoms with Gasteiger partial charge in [-0.1, -0.05) is 65.2 Å². The number of rotatable bonds is 12. The van der Waals surface area contributed by atoms with E-state index in [1.54, 1.807) is 0 Å². The van der Waals surface area contributed by atoms with Gasteiger partial charge in [-0.15, -0.1) is 0 Å². The second-order valence-corrected chi connectivity index (χ2v) is 6.73. The van der Waals surface area contributed by atoms with Crippen LogP contribution in [0.5, 0.6) is 0 Å². The normalized spacial score (nSPS) is 19.7. The molecule has 0 aromatic carbocycles. The number of aliphatic hydroxyl groups is 4. The molecule has 6 heteroatoms. The van der Waals surface area contributed by atoms with Gasteiger partial charge in [0, 0.05) is 0 Å². The average molecular weight is 344 g/mol. The maximum Gasteiger partial charge on any atom is 0.377 e. The number of hydrogen-bond donors (Lipinski definition) is 4. The van der Waals surface area contributed by atoms with Crippen molar-refractivity contribution in [2.75, 3.05) is 0 Å². The molecule has 0 aromatic heterocycles. The molecule has 0 saturated carbocycles. The van der Waals surface area contributed by atoms with E-state index in [-0.39, 0.29) is 0 Å². The first-order chi connectivity index (χ1) is 11.4. The molecule has 0 amide bonds. The fourth-order valence-electron chi connectivity index (χ4n) is 3.10. The molecule has 0 aliphatic carbocycles. The molecule has 24 heavy (non-hydrogen) atoms. The van der Waals surface area contributed by atoms with Crippen LogP contribution in [0.3, 0.4) is 0 Å². The number of unbranched alkanes of at least 4 members (excludes halogenated alkanes) is 6. The van der Waals surface area contributed by atoms with E-state index in [1.807, 2.05) is 0 Å². The highest BCUT2D eigenvalue weighted by Gasteiger charge is 2.48. The lowest BCUT2D eigenvalue weighted by Gasteiger charge is -2.35. The fourth-order valence-corrected chi connectivity index (χ4v) is 3.10. The lowest BCUT2D eigenvalue weighted by atomic mass is 9.82. The Bertz CT molecular complexity index is 419. The van der Waals surface area contributed by atoms with Gasteiger partial charge >= 0.3 is 5.97 Å². The van der Waals surface area contributed by atoms with E-state index >= 15 is 0 Å². The third-order valence-electron chi connectivity index (χ3n) is 4.70. The van der Waals surface area contributed by atoms with Crippen LogP contribution < -0.4 is 0 Å². The van der Waals surface area contributed by atoms with E-state index in [0.717, 1.165) is 51.4 Å². The minimum Gasteiger partial charge on any atom is -0.505 e. The van der Waals surface area contributed by atoms with Crippen LogP contribution in [0.1, 0.15) is 78.1 Å². The van der Waals surface area contributed by atoms with Crippen LogP contribution in [0.2, 0.25) is 0 Å². The quantitative estimate of drug-likeness (QED) is 0.320. The van der Waals surface area contributed by atoms with Crippen molar-refractivity contribution in [2.45, 2.75) is 95.9 Å². The molecule has 0 unspecified atom stereocenters. The molecule has 1 aliphatic rings. The average Bonchev–Trinajstić information content (AvgIpc) is 2.82. The summed E-state index contributed by atoms with van der Waals surface area (Å²) in [5, 5.41) is 40.7. The second kappa shape index (κ2) is 9.89. The van der Waals surface area contributed by atoms with Gasteiger partial charge in [-0.25, -0.2) is 4.79 Å². The molecular weight excluding hydrogens is 312 g/mol. The van der Waals surface area contributed by atoms with Crippen molar-refractivity contribution in [1.82, 2.24) is 0 Å². The summed E-state index contributed by atoms with van der Waals surface area (Å²) in [6.45, 7) is 4.19. The highest BCUT2D eigenvalue weighted by Crippen LogP contribution is 2.33. The Labute approximate surface area is 144 Å². The van der Waals surface area contributed by atoms with Crippen LogP contribution in [0.25, 0.3) is 0 Å². The van der Waals surface area contributed by atoms with E-state index in [1.165, 1.54) is 0 Å². The Hall–Kier alpha value is -1.27. The molecule has 1 rings (SSSR count). The number of esters is 1. The summed E-state index contributed by atoms with van der Waals surface area (Å²) in [5.41, 5.74) is -1.45. The molecule has 1 aliphatic heterocycles. The number of carbonyl (C=O) groups excluding carboxylic acids is 1. The van der Waals surface area contributed by atoms with E-state index in [0.29, 0.717) is 12.8 Å². The first kappa shape index (κ1) is 20.8. The van der Waals surface area contributed by atoms with Gasteiger partial charge in [0.05, 0.1) is 5.60 Å². The smallest absolute Gasteiger partial charge is 0.377 e. The summed E-state index contributed by atoms with van der Waals surface area (Å²) >= 11 is 0. The van der Waals surface area contributed by atoms with Crippen molar-refractivity contribution < 1.29 is 30.0 Å². The zero-order valence-corrected chi connectivity index (χ0v) is 14.8. The molecule has 0 radical (unpaired) electrons. The SMILES string of the molecule is CCCCCCC(O)(CCCCCC)[C@H](O)[C@H]1OC(=O)C(O)=C1O. The predicted octanol–water partition coefficient (Wildman–Crippen LogP) is 3.27. The fraction of sp³-hybridized carbons (Fsp3) is 0.833. The first-order valence-electron chi connectivity index (χ1n) is 9.10. The van der Waals surface area contributed by atoms with Gasteiger partial charge < -0.3 is 25.2 Å². The summed E-state index contributed by atoms with van der Waals surface area (Å²) in [5.74, 6) is -2.66. The van der Waals surface area contributed by atoms with Gasteiger partial charge in [-0.2, -0.15) is 0 Å². The highest BCUT2D eigenvalue weighted by molar-refractivity contribution is 5.89. The zero-order valence-electron chi connectivity index (χ0n) is 14.8. The van der Waals surface area contributed by atoms with Crippen molar-refractivity contribution >= 4 is 5.97 Å². The van der Waals surface area contributed by atoms with Crippen molar-refractivity contribution in [3.05, 3.63) is 11.5 Å². The molecule has 0 saturated heterocycles. The summed E-state index contributed by atoms with van der Waals surface area (Å²) in [4.78, 5) is 11.3. The highest BCUT2D eigenvalue weighted by atomic mass is 16.6. The summed E-state index contributed by atoms with van der Waals surface area (Å²) in [6, 6.07) is 0. The molecular formula is C18H32O6. The number of cyclic esters (lactones) is 1. The Morgan fingerprint density at radius 2 is 1.50 bits per heavy atom. The van der Waals surface area contributed by atoms with Crippen molar-refractivity contribution in [2.24, 2.45) is 0 Å². The van der Waals surface area contributed by atoms with E-state index in [9.17, 15) is 25.2 Å². The second-order valence-electron chi connectivity index (χ2n) is 6.73. The van der Waals surface area contributed by atoms with Gasteiger partial charge in [0.25, 0.3) is 0 Å². The standard InChI is InChI=1S/C18H32O6/c1-3-5-7-9-11-18(23,12-10-8-6-4-2)16(21)15-13(19)14(20)17(22)24-15/h15-16,19-21,23H,3-12H2,1-2H3/t15-,16+/m0/s1. The third kappa shape index (κ3) is 5.38. The van der Waals surface area contributed by atoms with Crippen molar-refractivity contribution in [3.8, 4) is 0 Å². The van der Waals surface area contributed by atoms with E-state index in [4.69, 9.17) is 4.74 Å². The van der Waals surface area contributed by atoms with Crippen LogP contribution >= 0.6 is 0 Å². The molecule has 4 N–H and O–H groups in total. The maximum absolute atomic E-state index is 11.3. The van der Waals surface area contributed by atoms with Gasteiger partial charge in [-0.05, 0) is 12.8 Å². The molecule has 0 aromatic rings. The summed E-state index contributed by atoms with van der Waals surface area (Å²) in [7, 11) is 0. The number of carbonyl (C=O) groups is 1. The largest absolute Gasteiger partial charge is 0.505 e. The molecule has 2 atom stereocenters. The van der Waals surface area contributed by atoms with Gasteiger partial charge in [-0.3, -0.25) is 0 Å². The topological polar surface area (TPSA) is 107 Å². The summed E-state index contributed by atoms with van der Waals surface area (Å²) in [6.07, 6.45) is 5.46. The van der Waals surface area contributed by atoms with Crippen LogP contribution in [0, 0.1) is 0 Å². The summed E-state index contributed by atoms with van der Waals surface area (Å²) < 4.78 is 4.83. The molecule has 0 spiro atoms. The zero-order chi connectivity index (χ0) is 18.2. The van der Waals surface area contributed by atoms with Crippen LogP contribution in [0.15, 0.2) is 11.5 Å². The van der Waals surface area contributed by atoms with E-state index in [2.05, 4.69) is 13.8 Å². The Morgan fingerprint density at radius 3 is 1.88 bits per heavy atom. The van der Waals surface area contributed by atoms with Crippen LogP contribution in [0.4, 0.5) is 0 Å². The van der Waals surface area contributed by atoms with Gasteiger partial charge in [0.1, 0.15) is 6.10 Å². The van der Waals surface area contributed by atoms with Gasteiger partial charge in [0.2, 0.25) is 5.76 Å². The van der Waals surface area contributed by atoms with Gasteiger partial charge in [0.15, 0.2) is 11.9 Å².